The zero-order valence-electron chi connectivity index (χ0n) is 17.8. The van der Waals surface area contributed by atoms with Gasteiger partial charge in [0.2, 0.25) is 5.78 Å². The third-order valence-corrected chi connectivity index (χ3v) is 6.96. The molecule has 168 valence electrons. The van der Waals surface area contributed by atoms with Crippen LogP contribution in [0.4, 0.5) is 0 Å². The predicted octanol–water partition coefficient (Wildman–Crippen LogP) is 6.97. The second kappa shape index (κ2) is 9.03. The molecule has 3 aromatic carbocycles. The third-order valence-electron chi connectivity index (χ3n) is 5.93. The SMILES string of the molecule is Cc1c2c(cc3c1O/C(=C\c1c(Cl)cccc1Cl)C3=O)CN(CCc1ccccc1Cl)CO2. The number of nitrogens with zero attached hydrogens (tertiary/aromatic N) is 1. The van der Waals surface area contributed by atoms with E-state index >= 15 is 0 Å². The molecule has 0 aliphatic carbocycles. The summed E-state index contributed by atoms with van der Waals surface area (Å²) in [5, 5.41) is 1.68. The largest absolute Gasteiger partial charge is 0.477 e. The highest BCUT2D eigenvalue weighted by atomic mass is 35.5. The molecule has 0 bridgehead atoms. The Kier molecular flexibility index (Phi) is 6.11. The molecule has 0 aromatic heterocycles. The number of benzene rings is 3. The molecule has 0 atom stereocenters. The minimum atomic E-state index is -0.194. The van der Waals surface area contributed by atoms with E-state index in [1.54, 1.807) is 24.3 Å². The Balaban J connectivity index is 1.39. The van der Waals surface area contributed by atoms with Crippen LogP contribution in [0, 0.1) is 6.92 Å². The van der Waals surface area contributed by atoms with Gasteiger partial charge < -0.3 is 9.47 Å². The maximum absolute atomic E-state index is 13.1. The van der Waals surface area contributed by atoms with Crippen molar-refractivity contribution in [3.05, 3.63) is 97.2 Å². The van der Waals surface area contributed by atoms with Gasteiger partial charge in [-0.2, -0.15) is 0 Å². The van der Waals surface area contributed by atoms with Gasteiger partial charge in [-0.3, -0.25) is 9.69 Å². The molecule has 0 amide bonds. The molecule has 0 unspecified atom stereocenters. The van der Waals surface area contributed by atoms with Crippen LogP contribution in [0.1, 0.15) is 32.6 Å². The van der Waals surface area contributed by atoms with Crippen molar-refractivity contribution in [2.75, 3.05) is 13.3 Å². The van der Waals surface area contributed by atoms with Gasteiger partial charge in [-0.15, -0.1) is 0 Å². The number of allylic oxidation sites excluding steroid dienone is 1. The Morgan fingerprint density at radius 3 is 2.48 bits per heavy atom. The molecule has 0 saturated heterocycles. The lowest BCUT2D eigenvalue weighted by Gasteiger charge is -2.30. The minimum Gasteiger partial charge on any atom is -0.477 e. The van der Waals surface area contributed by atoms with E-state index in [9.17, 15) is 4.79 Å². The van der Waals surface area contributed by atoms with Crippen LogP contribution >= 0.6 is 34.8 Å². The van der Waals surface area contributed by atoms with E-state index in [0.717, 1.165) is 40.4 Å². The Labute approximate surface area is 207 Å². The van der Waals surface area contributed by atoms with Crippen molar-refractivity contribution in [1.82, 2.24) is 4.90 Å². The fourth-order valence-corrected chi connectivity index (χ4v) is 4.94. The number of halogens is 3. The van der Waals surface area contributed by atoms with Gasteiger partial charge in [-0.05, 0) is 49.2 Å². The Morgan fingerprint density at radius 2 is 1.73 bits per heavy atom. The molecule has 7 heteroatoms. The summed E-state index contributed by atoms with van der Waals surface area (Å²) in [6, 6.07) is 14.9. The highest BCUT2D eigenvalue weighted by Crippen LogP contribution is 2.43. The number of carbonyl (C=O) groups is 1. The van der Waals surface area contributed by atoms with Gasteiger partial charge in [0.05, 0.1) is 5.56 Å². The van der Waals surface area contributed by atoms with Crippen LogP contribution in [-0.4, -0.2) is 24.0 Å². The number of hydrogen-bond acceptors (Lipinski definition) is 4. The molecule has 3 aromatic rings. The number of ketones is 1. The molecule has 5 rings (SSSR count). The second-order valence-electron chi connectivity index (χ2n) is 8.11. The molecular formula is C26H20Cl3NO3. The average Bonchev–Trinajstić information content (AvgIpc) is 3.11. The first-order valence-corrected chi connectivity index (χ1v) is 11.7. The summed E-state index contributed by atoms with van der Waals surface area (Å²) in [5.74, 6) is 1.30. The smallest absolute Gasteiger partial charge is 0.231 e. The summed E-state index contributed by atoms with van der Waals surface area (Å²) in [6.45, 7) is 3.84. The van der Waals surface area contributed by atoms with E-state index in [1.165, 1.54) is 0 Å². The van der Waals surface area contributed by atoms with E-state index in [1.807, 2.05) is 37.3 Å². The Morgan fingerprint density at radius 1 is 1.00 bits per heavy atom. The second-order valence-corrected chi connectivity index (χ2v) is 9.33. The molecule has 0 N–H and O–H groups in total. The van der Waals surface area contributed by atoms with E-state index in [2.05, 4.69) is 4.90 Å². The number of ether oxygens (including phenoxy) is 2. The molecule has 4 nitrogen and oxygen atoms in total. The summed E-state index contributed by atoms with van der Waals surface area (Å²) < 4.78 is 12.0. The lowest BCUT2D eigenvalue weighted by Crippen LogP contribution is -2.34. The number of hydrogen-bond donors (Lipinski definition) is 0. The van der Waals surface area contributed by atoms with Crippen molar-refractivity contribution in [3.8, 4) is 11.5 Å². The fourth-order valence-electron chi connectivity index (χ4n) is 4.20. The zero-order valence-corrected chi connectivity index (χ0v) is 20.1. The molecule has 2 aliphatic rings. The third kappa shape index (κ3) is 4.24. The molecule has 0 radical (unpaired) electrons. The number of Topliss-reactive ketones (excluding diaryl/α,β-unsaturated/α-hetero) is 1. The van der Waals surface area contributed by atoms with Crippen LogP contribution in [0.5, 0.6) is 11.5 Å². The minimum absolute atomic E-state index is 0.194. The van der Waals surface area contributed by atoms with Crippen LogP contribution in [-0.2, 0) is 13.0 Å². The first-order chi connectivity index (χ1) is 15.9. The van der Waals surface area contributed by atoms with Gasteiger partial charge >= 0.3 is 0 Å². The van der Waals surface area contributed by atoms with Gasteiger partial charge in [0.15, 0.2) is 5.76 Å². The summed E-state index contributed by atoms with van der Waals surface area (Å²) in [5.41, 5.74) is 3.96. The van der Waals surface area contributed by atoms with Gasteiger partial charge in [0.25, 0.3) is 0 Å². The first kappa shape index (κ1) is 22.3. The van der Waals surface area contributed by atoms with Crippen molar-refractivity contribution < 1.29 is 14.3 Å². The maximum Gasteiger partial charge on any atom is 0.231 e. The van der Waals surface area contributed by atoms with Gasteiger partial charge in [-0.1, -0.05) is 59.1 Å². The average molecular weight is 501 g/mol. The first-order valence-electron chi connectivity index (χ1n) is 10.6. The standard InChI is InChI=1S/C26H20Cl3NO3/c1-15-25-17(13-30(14-32-25)10-9-16-5-2-3-6-20(16)27)11-19-24(31)23(33-26(15)19)12-18-21(28)7-4-8-22(18)29/h2-8,11-12H,9-10,13-14H2,1H3/b23-12-. The lowest BCUT2D eigenvalue weighted by molar-refractivity contribution is 0.0954. The van der Waals surface area contributed by atoms with Crippen molar-refractivity contribution in [2.24, 2.45) is 0 Å². The summed E-state index contributed by atoms with van der Waals surface area (Å²) in [4.78, 5) is 15.3. The van der Waals surface area contributed by atoms with E-state index in [-0.39, 0.29) is 11.5 Å². The fraction of sp³-hybridized carbons (Fsp3) is 0.192. The van der Waals surface area contributed by atoms with Crippen LogP contribution in [0.15, 0.2) is 54.3 Å². The van der Waals surface area contributed by atoms with E-state index in [0.29, 0.717) is 40.2 Å². The number of rotatable bonds is 4. The number of carbonyl (C=O) groups excluding carboxylic acids is 1. The van der Waals surface area contributed by atoms with E-state index in [4.69, 9.17) is 44.3 Å². The maximum atomic E-state index is 13.1. The normalized spacial score (nSPS) is 16.4. The van der Waals surface area contributed by atoms with Crippen LogP contribution < -0.4 is 9.47 Å². The highest BCUT2D eigenvalue weighted by molar-refractivity contribution is 6.37. The Bertz CT molecular complexity index is 1280. The highest BCUT2D eigenvalue weighted by Gasteiger charge is 2.33. The summed E-state index contributed by atoms with van der Waals surface area (Å²) in [6.07, 6.45) is 2.41. The van der Waals surface area contributed by atoms with Crippen molar-refractivity contribution >= 4 is 46.7 Å². The van der Waals surface area contributed by atoms with Crippen LogP contribution in [0.2, 0.25) is 15.1 Å². The van der Waals surface area contributed by atoms with E-state index < -0.39 is 0 Å². The summed E-state index contributed by atoms with van der Waals surface area (Å²) in [7, 11) is 0. The molecule has 33 heavy (non-hydrogen) atoms. The molecule has 2 aliphatic heterocycles. The molecule has 2 heterocycles. The Hall–Kier alpha value is -2.50. The lowest BCUT2D eigenvalue weighted by atomic mass is 10.00. The zero-order chi connectivity index (χ0) is 23.1. The van der Waals surface area contributed by atoms with Gasteiger partial charge in [0.1, 0.15) is 18.2 Å². The molecule has 0 spiro atoms. The predicted molar refractivity (Wildman–Crippen MR) is 132 cm³/mol. The summed E-state index contributed by atoms with van der Waals surface area (Å²) >= 11 is 18.8. The molecule has 0 fully saturated rings. The monoisotopic (exact) mass is 499 g/mol. The van der Waals surface area contributed by atoms with Crippen LogP contribution in [0.25, 0.3) is 6.08 Å². The van der Waals surface area contributed by atoms with Crippen molar-refractivity contribution in [1.29, 1.82) is 0 Å². The van der Waals surface area contributed by atoms with Gasteiger partial charge in [-0.25, -0.2) is 0 Å². The molecular weight excluding hydrogens is 481 g/mol. The van der Waals surface area contributed by atoms with Crippen LogP contribution in [0.3, 0.4) is 0 Å². The molecule has 0 saturated carbocycles. The van der Waals surface area contributed by atoms with Crippen molar-refractivity contribution in [3.63, 3.8) is 0 Å². The van der Waals surface area contributed by atoms with Gasteiger partial charge in [0, 0.05) is 44.8 Å². The topological polar surface area (TPSA) is 38.8 Å². The number of fused-ring (bicyclic) bond motifs is 2. The quantitative estimate of drug-likeness (QED) is 0.363. The van der Waals surface area contributed by atoms with Crippen molar-refractivity contribution in [2.45, 2.75) is 19.9 Å².